The Hall–Kier alpha value is -1.62. The molecule has 1 aromatic rings. The SMILES string of the molecule is CCOCCCC(=O)c1ccc(C(=O)OC)o1. The molecule has 0 spiro atoms. The highest BCUT2D eigenvalue weighted by atomic mass is 16.5. The second-order valence-electron chi connectivity index (χ2n) is 3.38. The zero-order valence-corrected chi connectivity index (χ0v) is 10.0. The molecule has 0 bridgehead atoms. The summed E-state index contributed by atoms with van der Waals surface area (Å²) in [6, 6.07) is 2.91. The molecule has 0 aliphatic carbocycles. The summed E-state index contributed by atoms with van der Waals surface area (Å²) in [6.45, 7) is 3.09. The first-order chi connectivity index (χ1) is 8.19. The number of methoxy groups -OCH3 is 1. The lowest BCUT2D eigenvalue weighted by molar-refractivity contribution is 0.0562. The van der Waals surface area contributed by atoms with Crippen molar-refractivity contribution in [1.29, 1.82) is 0 Å². The summed E-state index contributed by atoms with van der Waals surface area (Å²) in [7, 11) is 1.26. The van der Waals surface area contributed by atoms with Crippen molar-refractivity contribution in [2.45, 2.75) is 19.8 Å². The van der Waals surface area contributed by atoms with E-state index >= 15 is 0 Å². The average Bonchev–Trinajstić information content (AvgIpc) is 2.83. The van der Waals surface area contributed by atoms with Crippen molar-refractivity contribution in [3.8, 4) is 0 Å². The maximum Gasteiger partial charge on any atom is 0.373 e. The van der Waals surface area contributed by atoms with Crippen LogP contribution >= 0.6 is 0 Å². The molecule has 0 aromatic carbocycles. The largest absolute Gasteiger partial charge is 0.463 e. The molecule has 0 fully saturated rings. The molecule has 1 aromatic heterocycles. The minimum absolute atomic E-state index is 0.0423. The van der Waals surface area contributed by atoms with Gasteiger partial charge in [-0.05, 0) is 25.5 Å². The number of carbonyl (C=O) groups excluding carboxylic acids is 2. The smallest absolute Gasteiger partial charge is 0.373 e. The standard InChI is InChI=1S/C12H16O5/c1-3-16-8-4-5-9(13)10-6-7-11(17-10)12(14)15-2/h6-7H,3-5,8H2,1-2H3. The Bertz CT molecular complexity index is 380. The van der Waals surface area contributed by atoms with Crippen molar-refractivity contribution in [1.82, 2.24) is 0 Å². The maximum absolute atomic E-state index is 11.6. The lowest BCUT2D eigenvalue weighted by Gasteiger charge is -1.99. The first-order valence-electron chi connectivity index (χ1n) is 5.48. The quantitative estimate of drug-likeness (QED) is 0.414. The Labute approximate surface area is 99.7 Å². The van der Waals surface area contributed by atoms with Crippen molar-refractivity contribution < 1.29 is 23.5 Å². The predicted octanol–water partition coefficient (Wildman–Crippen LogP) is 2.07. The Balaban J connectivity index is 2.46. The molecule has 5 nitrogen and oxygen atoms in total. The van der Waals surface area contributed by atoms with Gasteiger partial charge >= 0.3 is 5.97 Å². The predicted molar refractivity (Wildman–Crippen MR) is 60.1 cm³/mol. The molecule has 0 aliphatic heterocycles. The number of hydrogen-bond donors (Lipinski definition) is 0. The fourth-order valence-corrected chi connectivity index (χ4v) is 1.30. The van der Waals surface area contributed by atoms with E-state index in [9.17, 15) is 9.59 Å². The van der Waals surface area contributed by atoms with Crippen LogP contribution in [0.15, 0.2) is 16.5 Å². The fourth-order valence-electron chi connectivity index (χ4n) is 1.30. The van der Waals surface area contributed by atoms with Crippen LogP contribution in [-0.2, 0) is 9.47 Å². The minimum atomic E-state index is -0.585. The number of carbonyl (C=O) groups is 2. The molecular weight excluding hydrogens is 224 g/mol. The summed E-state index contributed by atoms with van der Waals surface area (Å²) in [6.07, 6.45) is 0.981. The van der Waals surface area contributed by atoms with Crippen LogP contribution in [0.5, 0.6) is 0 Å². The number of ether oxygens (including phenoxy) is 2. The van der Waals surface area contributed by atoms with E-state index in [0.717, 1.165) is 0 Å². The number of Topliss-reactive ketones (excluding diaryl/α,β-unsaturated/α-hetero) is 1. The van der Waals surface area contributed by atoms with Gasteiger partial charge in [-0.1, -0.05) is 0 Å². The normalized spacial score (nSPS) is 10.2. The molecule has 0 unspecified atom stereocenters. The van der Waals surface area contributed by atoms with Gasteiger partial charge in [-0.25, -0.2) is 4.79 Å². The summed E-state index contributed by atoms with van der Waals surface area (Å²) in [5, 5.41) is 0. The highest BCUT2D eigenvalue weighted by Gasteiger charge is 2.15. The molecule has 0 saturated carbocycles. The van der Waals surface area contributed by atoms with Gasteiger partial charge in [0.1, 0.15) is 0 Å². The van der Waals surface area contributed by atoms with Crippen molar-refractivity contribution in [3.63, 3.8) is 0 Å². The third-order valence-electron chi connectivity index (χ3n) is 2.16. The van der Waals surface area contributed by atoms with Gasteiger partial charge in [0.05, 0.1) is 7.11 Å². The number of furan rings is 1. The average molecular weight is 240 g/mol. The summed E-state index contributed by atoms with van der Waals surface area (Å²) in [5.41, 5.74) is 0. The molecule has 1 rings (SSSR count). The first-order valence-corrected chi connectivity index (χ1v) is 5.48. The van der Waals surface area contributed by atoms with E-state index in [1.165, 1.54) is 19.2 Å². The number of esters is 1. The second kappa shape index (κ2) is 6.85. The number of rotatable bonds is 7. The van der Waals surface area contributed by atoms with Crippen molar-refractivity contribution in [2.75, 3.05) is 20.3 Å². The summed E-state index contributed by atoms with van der Waals surface area (Å²) in [5.74, 6) is -0.499. The van der Waals surface area contributed by atoms with Crippen LogP contribution in [0.25, 0.3) is 0 Å². The highest BCUT2D eigenvalue weighted by molar-refractivity contribution is 5.95. The van der Waals surface area contributed by atoms with E-state index in [2.05, 4.69) is 4.74 Å². The summed E-state index contributed by atoms with van der Waals surface area (Å²) < 4.78 is 14.7. The topological polar surface area (TPSA) is 65.7 Å². The molecule has 0 N–H and O–H groups in total. The van der Waals surface area contributed by atoms with Crippen LogP contribution in [0.4, 0.5) is 0 Å². The van der Waals surface area contributed by atoms with Crippen LogP contribution in [-0.4, -0.2) is 32.1 Å². The van der Waals surface area contributed by atoms with Gasteiger partial charge in [-0.3, -0.25) is 4.79 Å². The molecular formula is C12H16O5. The second-order valence-corrected chi connectivity index (χ2v) is 3.38. The van der Waals surface area contributed by atoms with Crippen molar-refractivity contribution in [2.24, 2.45) is 0 Å². The van der Waals surface area contributed by atoms with E-state index in [-0.39, 0.29) is 17.3 Å². The van der Waals surface area contributed by atoms with E-state index in [4.69, 9.17) is 9.15 Å². The van der Waals surface area contributed by atoms with Gasteiger partial charge in [-0.15, -0.1) is 0 Å². The Morgan fingerprint density at radius 2 is 2.00 bits per heavy atom. The molecule has 94 valence electrons. The van der Waals surface area contributed by atoms with E-state index in [0.29, 0.717) is 26.1 Å². The fraction of sp³-hybridized carbons (Fsp3) is 0.500. The van der Waals surface area contributed by atoms with Crippen LogP contribution in [0.2, 0.25) is 0 Å². The molecule has 0 amide bonds. The van der Waals surface area contributed by atoms with Crippen LogP contribution in [0.3, 0.4) is 0 Å². The Morgan fingerprint density at radius 3 is 2.65 bits per heavy atom. The zero-order chi connectivity index (χ0) is 12.7. The third kappa shape index (κ3) is 4.03. The van der Waals surface area contributed by atoms with E-state index in [1.54, 1.807) is 0 Å². The van der Waals surface area contributed by atoms with Crippen LogP contribution in [0, 0.1) is 0 Å². The van der Waals surface area contributed by atoms with E-state index in [1.807, 2.05) is 6.92 Å². The zero-order valence-electron chi connectivity index (χ0n) is 10.0. The maximum atomic E-state index is 11.6. The number of ketones is 1. The van der Waals surface area contributed by atoms with Gasteiger partial charge < -0.3 is 13.9 Å². The van der Waals surface area contributed by atoms with Crippen LogP contribution in [0.1, 0.15) is 40.9 Å². The van der Waals surface area contributed by atoms with Crippen molar-refractivity contribution >= 4 is 11.8 Å². The monoisotopic (exact) mass is 240 g/mol. The summed E-state index contributed by atoms with van der Waals surface area (Å²) >= 11 is 0. The highest BCUT2D eigenvalue weighted by Crippen LogP contribution is 2.12. The molecule has 0 radical (unpaired) electrons. The molecule has 5 heteroatoms. The van der Waals surface area contributed by atoms with Gasteiger partial charge in [0.2, 0.25) is 5.76 Å². The molecule has 0 atom stereocenters. The lowest BCUT2D eigenvalue weighted by atomic mass is 10.2. The molecule has 1 heterocycles. The van der Waals surface area contributed by atoms with Gasteiger partial charge in [0, 0.05) is 19.6 Å². The molecule has 17 heavy (non-hydrogen) atoms. The Morgan fingerprint density at radius 1 is 1.29 bits per heavy atom. The van der Waals surface area contributed by atoms with Crippen LogP contribution < -0.4 is 0 Å². The summed E-state index contributed by atoms with van der Waals surface area (Å²) in [4.78, 5) is 22.7. The minimum Gasteiger partial charge on any atom is -0.463 e. The molecule has 0 saturated heterocycles. The van der Waals surface area contributed by atoms with Gasteiger partial charge in [-0.2, -0.15) is 0 Å². The first kappa shape index (κ1) is 13.4. The Kier molecular flexibility index (Phi) is 5.42. The third-order valence-corrected chi connectivity index (χ3v) is 2.16. The van der Waals surface area contributed by atoms with E-state index < -0.39 is 5.97 Å². The van der Waals surface area contributed by atoms with Gasteiger partial charge in [0.15, 0.2) is 11.5 Å². The molecule has 0 aliphatic rings. The number of hydrogen-bond acceptors (Lipinski definition) is 5. The lowest BCUT2D eigenvalue weighted by Crippen LogP contribution is -2.02. The van der Waals surface area contributed by atoms with Gasteiger partial charge in [0.25, 0.3) is 0 Å². The van der Waals surface area contributed by atoms with Crippen molar-refractivity contribution in [3.05, 3.63) is 23.7 Å².